The summed E-state index contributed by atoms with van der Waals surface area (Å²) >= 11 is 5.84. The van der Waals surface area contributed by atoms with Gasteiger partial charge in [0.15, 0.2) is 5.65 Å². The van der Waals surface area contributed by atoms with Crippen LogP contribution in [0, 0.1) is 0 Å². The average Bonchev–Trinajstić information content (AvgIpc) is 2.94. The molecule has 2 N–H and O–H groups in total. The Hall–Kier alpha value is -2.15. The highest BCUT2D eigenvalue weighted by atomic mass is 35.5. The van der Waals surface area contributed by atoms with Gasteiger partial charge >= 0.3 is 0 Å². The first-order valence-electron chi connectivity index (χ1n) is 5.31. The Morgan fingerprint density at radius 3 is 3.11 bits per heavy atom. The third kappa shape index (κ3) is 1.88. The fourth-order valence-electron chi connectivity index (χ4n) is 1.67. The normalized spacial score (nSPS) is 11.0. The molecule has 92 valence electrons. The Balaban J connectivity index is 1.90. The summed E-state index contributed by atoms with van der Waals surface area (Å²) in [4.78, 5) is 12.4. The van der Waals surface area contributed by atoms with E-state index in [1.165, 1.54) is 0 Å². The SMILES string of the molecule is Cn1ccnc1CNc1nc(Cl)nc2[nH]ncc12. The van der Waals surface area contributed by atoms with Gasteiger partial charge in [-0.25, -0.2) is 4.98 Å². The lowest BCUT2D eigenvalue weighted by molar-refractivity contribution is 0.811. The van der Waals surface area contributed by atoms with Crippen molar-refractivity contribution < 1.29 is 0 Å². The highest BCUT2D eigenvalue weighted by Crippen LogP contribution is 2.20. The van der Waals surface area contributed by atoms with Gasteiger partial charge in [0.1, 0.15) is 11.6 Å². The van der Waals surface area contributed by atoms with Crippen molar-refractivity contribution in [2.24, 2.45) is 7.05 Å². The first kappa shape index (κ1) is 11.0. The largest absolute Gasteiger partial charge is 0.362 e. The smallest absolute Gasteiger partial charge is 0.226 e. The molecule has 7 nitrogen and oxygen atoms in total. The van der Waals surface area contributed by atoms with Crippen molar-refractivity contribution in [2.45, 2.75) is 6.54 Å². The second kappa shape index (κ2) is 4.26. The summed E-state index contributed by atoms with van der Waals surface area (Å²) < 4.78 is 1.93. The summed E-state index contributed by atoms with van der Waals surface area (Å²) in [6.45, 7) is 0.553. The van der Waals surface area contributed by atoms with Gasteiger partial charge in [0, 0.05) is 19.4 Å². The molecule has 0 radical (unpaired) electrons. The lowest BCUT2D eigenvalue weighted by atomic mass is 10.4. The predicted octanol–water partition coefficient (Wildman–Crippen LogP) is 1.35. The third-order valence-corrected chi connectivity index (χ3v) is 2.79. The van der Waals surface area contributed by atoms with Crippen molar-refractivity contribution in [3.05, 3.63) is 29.7 Å². The van der Waals surface area contributed by atoms with E-state index in [0.717, 1.165) is 11.2 Å². The third-order valence-electron chi connectivity index (χ3n) is 2.62. The molecule has 0 aromatic carbocycles. The van der Waals surface area contributed by atoms with Gasteiger partial charge in [0.05, 0.1) is 18.1 Å². The van der Waals surface area contributed by atoms with E-state index in [2.05, 4.69) is 30.5 Å². The molecular weight excluding hydrogens is 254 g/mol. The number of hydrogen-bond donors (Lipinski definition) is 2. The fourth-order valence-corrected chi connectivity index (χ4v) is 1.84. The van der Waals surface area contributed by atoms with Crippen LogP contribution in [-0.2, 0) is 13.6 Å². The molecule has 3 heterocycles. The van der Waals surface area contributed by atoms with Crippen LogP contribution in [-0.4, -0.2) is 29.7 Å². The minimum atomic E-state index is 0.175. The average molecular weight is 264 g/mol. The molecule has 0 aliphatic carbocycles. The first-order valence-corrected chi connectivity index (χ1v) is 5.68. The maximum atomic E-state index is 5.84. The van der Waals surface area contributed by atoms with Gasteiger partial charge in [-0.1, -0.05) is 0 Å². The van der Waals surface area contributed by atoms with Crippen LogP contribution < -0.4 is 5.32 Å². The molecule has 0 saturated heterocycles. The molecule has 3 rings (SSSR count). The van der Waals surface area contributed by atoms with E-state index in [1.54, 1.807) is 12.4 Å². The van der Waals surface area contributed by atoms with Gasteiger partial charge in [0.2, 0.25) is 5.28 Å². The minimum absolute atomic E-state index is 0.175. The molecule has 0 saturated carbocycles. The second-order valence-corrected chi connectivity index (χ2v) is 4.12. The number of nitrogens with one attached hydrogen (secondary N) is 2. The van der Waals surface area contributed by atoms with Crippen LogP contribution in [0.4, 0.5) is 5.82 Å². The summed E-state index contributed by atoms with van der Waals surface area (Å²) in [6, 6.07) is 0. The zero-order valence-corrected chi connectivity index (χ0v) is 10.3. The van der Waals surface area contributed by atoms with Crippen LogP contribution >= 0.6 is 11.6 Å². The zero-order valence-electron chi connectivity index (χ0n) is 9.55. The maximum absolute atomic E-state index is 5.84. The quantitative estimate of drug-likeness (QED) is 0.697. The van der Waals surface area contributed by atoms with E-state index in [0.29, 0.717) is 18.0 Å². The number of hydrogen-bond acceptors (Lipinski definition) is 5. The molecular formula is C10H10ClN7. The number of anilines is 1. The van der Waals surface area contributed by atoms with Gasteiger partial charge < -0.3 is 9.88 Å². The number of aromatic amines is 1. The van der Waals surface area contributed by atoms with Crippen LogP contribution in [0.1, 0.15) is 5.82 Å². The van der Waals surface area contributed by atoms with E-state index in [9.17, 15) is 0 Å². The number of imidazole rings is 1. The molecule has 0 atom stereocenters. The van der Waals surface area contributed by atoms with Gasteiger partial charge in [-0.15, -0.1) is 0 Å². The van der Waals surface area contributed by atoms with Crippen molar-refractivity contribution in [1.29, 1.82) is 0 Å². The summed E-state index contributed by atoms with van der Waals surface area (Å²) in [5.41, 5.74) is 0.609. The lowest BCUT2D eigenvalue weighted by Crippen LogP contribution is -2.07. The van der Waals surface area contributed by atoms with Crippen molar-refractivity contribution in [3.63, 3.8) is 0 Å². The van der Waals surface area contributed by atoms with E-state index in [4.69, 9.17) is 11.6 Å². The lowest BCUT2D eigenvalue weighted by Gasteiger charge is -2.06. The molecule has 8 heteroatoms. The van der Waals surface area contributed by atoms with Crippen molar-refractivity contribution in [2.75, 3.05) is 5.32 Å². The van der Waals surface area contributed by atoms with E-state index < -0.39 is 0 Å². The first-order chi connectivity index (χ1) is 8.74. The number of aryl methyl sites for hydroxylation is 1. The minimum Gasteiger partial charge on any atom is -0.362 e. The molecule has 0 aliphatic rings. The van der Waals surface area contributed by atoms with E-state index >= 15 is 0 Å². The molecule has 3 aromatic heterocycles. The topological polar surface area (TPSA) is 84.3 Å². The number of rotatable bonds is 3. The van der Waals surface area contributed by atoms with E-state index in [1.807, 2.05) is 17.8 Å². The molecule has 0 bridgehead atoms. The Kier molecular flexibility index (Phi) is 2.60. The molecule has 3 aromatic rings. The van der Waals surface area contributed by atoms with Crippen LogP contribution in [0.5, 0.6) is 0 Å². The molecule has 0 aliphatic heterocycles. The van der Waals surface area contributed by atoms with Crippen LogP contribution in [0.2, 0.25) is 5.28 Å². The van der Waals surface area contributed by atoms with Gasteiger partial charge in [-0.05, 0) is 11.6 Å². The summed E-state index contributed by atoms with van der Waals surface area (Å²) in [5.74, 6) is 1.54. The van der Waals surface area contributed by atoms with Crippen LogP contribution in [0.25, 0.3) is 11.0 Å². The van der Waals surface area contributed by atoms with Gasteiger partial charge in [-0.3, -0.25) is 5.10 Å². The molecule has 0 fully saturated rings. The second-order valence-electron chi connectivity index (χ2n) is 3.78. The Morgan fingerprint density at radius 1 is 1.44 bits per heavy atom. The maximum Gasteiger partial charge on any atom is 0.226 e. The number of nitrogens with zero attached hydrogens (tertiary/aromatic N) is 5. The summed E-state index contributed by atoms with van der Waals surface area (Å²) in [6.07, 6.45) is 5.29. The number of aromatic nitrogens is 6. The van der Waals surface area contributed by atoms with Crippen molar-refractivity contribution in [3.8, 4) is 0 Å². The monoisotopic (exact) mass is 263 g/mol. The number of fused-ring (bicyclic) bond motifs is 1. The highest BCUT2D eigenvalue weighted by molar-refractivity contribution is 6.28. The van der Waals surface area contributed by atoms with Gasteiger partial charge in [0.25, 0.3) is 0 Å². The Labute approximate surface area is 107 Å². The van der Waals surface area contributed by atoms with Crippen LogP contribution in [0.15, 0.2) is 18.6 Å². The zero-order chi connectivity index (χ0) is 12.5. The summed E-state index contributed by atoms with van der Waals surface area (Å²) in [5, 5.41) is 10.8. The molecule has 0 spiro atoms. The fraction of sp³-hybridized carbons (Fsp3) is 0.200. The van der Waals surface area contributed by atoms with Crippen molar-refractivity contribution >= 4 is 28.5 Å². The van der Waals surface area contributed by atoms with Crippen molar-refractivity contribution in [1.82, 2.24) is 29.7 Å². The van der Waals surface area contributed by atoms with Gasteiger partial charge in [-0.2, -0.15) is 15.1 Å². The van der Waals surface area contributed by atoms with Crippen LogP contribution in [0.3, 0.4) is 0 Å². The number of halogens is 1. The summed E-state index contributed by atoms with van der Waals surface area (Å²) in [7, 11) is 1.93. The Bertz CT molecular complexity index is 686. The number of H-pyrrole nitrogens is 1. The highest BCUT2D eigenvalue weighted by Gasteiger charge is 2.08. The Morgan fingerprint density at radius 2 is 2.33 bits per heavy atom. The molecule has 18 heavy (non-hydrogen) atoms. The molecule has 0 unspecified atom stereocenters. The molecule has 0 amide bonds. The predicted molar refractivity (Wildman–Crippen MR) is 67.2 cm³/mol. The standard InChI is InChI=1S/C10H10ClN7/c1-18-3-2-12-7(18)5-13-8-6-4-14-17-9(6)16-10(11)15-8/h2-4H,5H2,1H3,(H2,13,14,15,16,17). The van der Waals surface area contributed by atoms with E-state index in [-0.39, 0.29) is 5.28 Å².